The average Bonchev–Trinajstić information content (AvgIpc) is 2.81. The van der Waals surface area contributed by atoms with Crippen LogP contribution in [-0.2, 0) is 9.59 Å². The van der Waals surface area contributed by atoms with Crippen molar-refractivity contribution in [3.63, 3.8) is 0 Å². The Balaban J connectivity index is 0.000000173. The molecule has 0 radical (unpaired) electrons. The number of carbonyl (C=O) groups is 2. The van der Waals surface area contributed by atoms with E-state index in [-0.39, 0.29) is 17.9 Å². The van der Waals surface area contributed by atoms with Crippen LogP contribution in [0.5, 0.6) is 0 Å². The van der Waals surface area contributed by atoms with Crippen LogP contribution in [-0.4, -0.2) is 29.0 Å². The summed E-state index contributed by atoms with van der Waals surface area (Å²) < 4.78 is 0. The van der Waals surface area contributed by atoms with E-state index in [9.17, 15) is 14.8 Å². The van der Waals surface area contributed by atoms with E-state index in [0.29, 0.717) is 0 Å². The second-order valence-corrected chi connectivity index (χ2v) is 6.57. The van der Waals surface area contributed by atoms with Crippen LogP contribution in [0.25, 0.3) is 0 Å². The average molecular weight is 296 g/mol. The predicted octanol–water partition coefficient (Wildman–Crippen LogP) is 1.85. The number of hydrogen-bond acceptors (Lipinski definition) is 3. The molecule has 120 valence electrons. The minimum Gasteiger partial charge on any atom is -0.750 e. The van der Waals surface area contributed by atoms with Crippen molar-refractivity contribution < 1.29 is 14.9 Å². The van der Waals surface area contributed by atoms with E-state index in [0.717, 1.165) is 12.1 Å². The van der Waals surface area contributed by atoms with Gasteiger partial charge in [0.15, 0.2) is 0 Å². The summed E-state index contributed by atoms with van der Waals surface area (Å²) in [6, 6.07) is 1.99. The lowest BCUT2D eigenvalue weighted by Crippen LogP contribution is -2.95. The Hall–Kier alpha value is -0.940. The minimum atomic E-state index is -0.616. The largest absolute Gasteiger partial charge is 0.750 e. The molecule has 5 nitrogen and oxygen atoms in total. The Morgan fingerprint density at radius 3 is 1.43 bits per heavy atom. The molecule has 0 aromatic rings. The molecule has 3 fully saturated rings. The molecular formula is C16H28N2O3. The normalized spacial score (nSPS) is 24.9. The van der Waals surface area contributed by atoms with E-state index < -0.39 is 11.8 Å². The third-order valence-electron chi connectivity index (χ3n) is 4.85. The fourth-order valence-corrected chi connectivity index (χ4v) is 3.59. The maximum Gasteiger partial charge on any atom is 0.219 e. The minimum absolute atomic E-state index is 0.0833. The van der Waals surface area contributed by atoms with Crippen LogP contribution in [0.4, 0.5) is 0 Å². The predicted molar refractivity (Wildman–Crippen MR) is 80.1 cm³/mol. The fourth-order valence-electron chi connectivity index (χ4n) is 3.59. The van der Waals surface area contributed by atoms with E-state index >= 15 is 0 Å². The first-order valence-corrected chi connectivity index (χ1v) is 8.54. The Bertz CT molecular complexity index is 315. The van der Waals surface area contributed by atoms with Gasteiger partial charge in [0.05, 0.1) is 12.1 Å². The third kappa shape index (κ3) is 5.40. The lowest BCUT2D eigenvalue weighted by molar-refractivity contribution is -0.725. The van der Waals surface area contributed by atoms with E-state index in [4.69, 9.17) is 0 Å². The molecule has 1 heterocycles. The summed E-state index contributed by atoms with van der Waals surface area (Å²) in [5.41, 5.74) is 0. The number of quaternary nitrogens is 1. The van der Waals surface area contributed by atoms with Gasteiger partial charge >= 0.3 is 0 Å². The summed E-state index contributed by atoms with van der Waals surface area (Å²) in [6.07, 6.45) is 15.1. The maximum absolute atomic E-state index is 10.2. The number of carbonyl (C=O) groups excluding carboxylic acids is 2. The van der Waals surface area contributed by atoms with Crippen LogP contribution < -0.4 is 5.32 Å². The number of amides is 2. The summed E-state index contributed by atoms with van der Waals surface area (Å²) >= 11 is 0. The number of nitrogens with zero attached hydrogens (tertiary/aromatic N) is 1. The van der Waals surface area contributed by atoms with Gasteiger partial charge in [-0.25, -0.2) is 0 Å². The van der Waals surface area contributed by atoms with Gasteiger partial charge in [0.1, 0.15) is 0 Å². The quantitative estimate of drug-likeness (QED) is 0.790. The van der Waals surface area contributed by atoms with Crippen LogP contribution in [0.3, 0.4) is 0 Å². The van der Waals surface area contributed by atoms with Crippen molar-refractivity contribution in [3.8, 4) is 0 Å². The van der Waals surface area contributed by atoms with E-state index in [1.807, 2.05) is 0 Å². The molecule has 0 bridgehead atoms. The van der Waals surface area contributed by atoms with Crippen LogP contribution in [0, 0.1) is 5.21 Å². The first-order chi connectivity index (χ1) is 10.2. The topological polar surface area (TPSA) is 77.0 Å². The molecule has 1 aliphatic heterocycles. The standard InChI is InChI=1S/C12H23N.C4H4NO3/c1-3-7-11(8-4-1)13-12-9-5-2-6-10-12;6-3-1-2-4(7)5(3)8/h11-13H,1-10H2;1-2H2/q;-1/p+1. The molecule has 2 saturated carbocycles. The van der Waals surface area contributed by atoms with Gasteiger partial charge in [-0.2, -0.15) is 0 Å². The van der Waals surface area contributed by atoms with Crippen molar-refractivity contribution in [2.75, 3.05) is 0 Å². The second-order valence-electron chi connectivity index (χ2n) is 6.57. The van der Waals surface area contributed by atoms with Crippen LogP contribution in [0.2, 0.25) is 0 Å². The summed E-state index contributed by atoms with van der Waals surface area (Å²) in [6.45, 7) is 0. The van der Waals surface area contributed by atoms with Gasteiger partial charge in [0.2, 0.25) is 11.8 Å². The number of hydrogen-bond donors (Lipinski definition) is 1. The summed E-state index contributed by atoms with van der Waals surface area (Å²) in [5, 5.41) is 12.8. The van der Waals surface area contributed by atoms with E-state index in [1.54, 1.807) is 0 Å². The molecule has 2 amide bonds. The van der Waals surface area contributed by atoms with E-state index in [1.165, 1.54) is 64.2 Å². The summed E-state index contributed by atoms with van der Waals surface area (Å²) in [7, 11) is 0. The van der Waals surface area contributed by atoms with Gasteiger partial charge in [-0.1, -0.05) is 12.8 Å². The van der Waals surface area contributed by atoms with Crippen molar-refractivity contribution in [2.24, 2.45) is 0 Å². The highest BCUT2D eigenvalue weighted by atomic mass is 16.5. The number of rotatable bonds is 2. The van der Waals surface area contributed by atoms with Crippen molar-refractivity contribution >= 4 is 11.8 Å². The lowest BCUT2D eigenvalue weighted by Gasteiger charge is -2.27. The van der Waals surface area contributed by atoms with Gasteiger partial charge in [0.25, 0.3) is 0 Å². The summed E-state index contributed by atoms with van der Waals surface area (Å²) in [5.74, 6) is -1.23. The van der Waals surface area contributed by atoms with E-state index in [2.05, 4.69) is 5.32 Å². The molecule has 21 heavy (non-hydrogen) atoms. The number of hydroxylamine groups is 2. The Labute approximate surface area is 127 Å². The maximum atomic E-state index is 10.2. The Morgan fingerprint density at radius 1 is 0.762 bits per heavy atom. The molecular weight excluding hydrogens is 268 g/mol. The SMILES string of the molecule is C1CCC([NH2+]C2CCCCC2)CC1.O=C1CCC(=O)N1[O-]. The van der Waals surface area contributed by atoms with Crippen molar-refractivity contribution in [1.82, 2.24) is 5.06 Å². The number of nitrogens with two attached hydrogens (primary N) is 1. The third-order valence-corrected chi connectivity index (χ3v) is 4.85. The van der Waals surface area contributed by atoms with Crippen LogP contribution >= 0.6 is 0 Å². The second kappa shape index (κ2) is 8.49. The smallest absolute Gasteiger partial charge is 0.219 e. The Kier molecular flexibility index (Phi) is 6.64. The molecule has 0 unspecified atom stereocenters. The van der Waals surface area contributed by atoms with Gasteiger partial charge in [-0.15, -0.1) is 0 Å². The first-order valence-electron chi connectivity index (χ1n) is 8.54. The monoisotopic (exact) mass is 296 g/mol. The zero-order valence-corrected chi connectivity index (χ0v) is 12.9. The van der Waals surface area contributed by atoms with Crippen molar-refractivity contribution in [1.29, 1.82) is 0 Å². The molecule has 3 aliphatic rings. The van der Waals surface area contributed by atoms with Gasteiger partial charge < -0.3 is 15.6 Å². The molecule has 3 rings (SSSR count). The lowest BCUT2D eigenvalue weighted by atomic mass is 9.91. The fraction of sp³-hybridized carbons (Fsp3) is 0.875. The Morgan fingerprint density at radius 2 is 1.14 bits per heavy atom. The molecule has 0 aromatic carbocycles. The molecule has 2 N–H and O–H groups in total. The molecule has 1 saturated heterocycles. The summed E-state index contributed by atoms with van der Waals surface area (Å²) in [4.78, 5) is 20.4. The highest BCUT2D eigenvalue weighted by molar-refractivity contribution is 6.02. The highest BCUT2D eigenvalue weighted by Gasteiger charge is 2.22. The molecule has 0 spiro atoms. The van der Waals surface area contributed by atoms with Gasteiger partial charge in [0, 0.05) is 12.8 Å². The molecule has 5 heteroatoms. The first kappa shape index (κ1) is 16.4. The number of imide groups is 1. The zero-order valence-electron chi connectivity index (χ0n) is 12.9. The molecule has 0 aromatic heterocycles. The zero-order chi connectivity index (χ0) is 15.1. The molecule has 2 aliphatic carbocycles. The van der Waals surface area contributed by atoms with Gasteiger partial charge in [-0.05, 0) is 51.4 Å². The van der Waals surface area contributed by atoms with Crippen molar-refractivity contribution in [3.05, 3.63) is 5.21 Å². The van der Waals surface area contributed by atoms with Gasteiger partial charge in [-0.3, -0.25) is 9.59 Å². The highest BCUT2D eigenvalue weighted by Crippen LogP contribution is 2.18. The van der Waals surface area contributed by atoms with Crippen LogP contribution in [0.15, 0.2) is 0 Å². The molecule has 0 atom stereocenters. The van der Waals surface area contributed by atoms with Crippen molar-refractivity contribution in [2.45, 2.75) is 89.1 Å². The van der Waals surface area contributed by atoms with Crippen LogP contribution in [0.1, 0.15) is 77.0 Å².